The van der Waals surface area contributed by atoms with E-state index in [-0.39, 0.29) is 5.69 Å². The van der Waals surface area contributed by atoms with E-state index in [1.165, 1.54) is 6.07 Å². The second kappa shape index (κ2) is 8.22. The number of rotatable bonds is 5. The van der Waals surface area contributed by atoms with Gasteiger partial charge in [-0.15, -0.1) is 0 Å². The fourth-order valence-corrected chi connectivity index (χ4v) is 2.65. The van der Waals surface area contributed by atoms with E-state index in [1.807, 2.05) is 6.07 Å². The van der Waals surface area contributed by atoms with Gasteiger partial charge in [0, 0.05) is 24.1 Å². The third-order valence-electron chi connectivity index (χ3n) is 3.71. The van der Waals surface area contributed by atoms with Crippen LogP contribution in [-0.2, 0) is 12.7 Å². The van der Waals surface area contributed by atoms with Crippen LogP contribution in [0.1, 0.15) is 11.1 Å². The Balaban J connectivity index is 1.63. The van der Waals surface area contributed by atoms with Crippen LogP contribution in [0.2, 0.25) is 5.02 Å². The van der Waals surface area contributed by atoms with Crippen molar-refractivity contribution in [2.75, 3.05) is 16.0 Å². The molecule has 0 spiro atoms. The largest absolute Gasteiger partial charge is 0.417 e. The zero-order valence-electron chi connectivity index (χ0n) is 14.3. The van der Waals surface area contributed by atoms with Crippen molar-refractivity contribution in [3.05, 3.63) is 71.0 Å². The van der Waals surface area contributed by atoms with E-state index in [0.717, 1.165) is 23.4 Å². The number of nitrogens with one attached hydrogen (secondary N) is 4. The molecular weight excluding hydrogens is 395 g/mol. The summed E-state index contributed by atoms with van der Waals surface area (Å²) in [6.45, 7) is 0.503. The first-order chi connectivity index (χ1) is 13.3. The molecule has 0 bridgehead atoms. The highest BCUT2D eigenvalue weighted by atomic mass is 35.5. The third kappa shape index (κ3) is 5.17. The maximum atomic E-state index is 12.9. The lowest BCUT2D eigenvalue weighted by Gasteiger charge is -2.13. The first-order valence-electron chi connectivity index (χ1n) is 8.07. The lowest BCUT2D eigenvalue weighted by molar-refractivity contribution is -0.137. The number of halogens is 4. The van der Waals surface area contributed by atoms with E-state index in [0.29, 0.717) is 12.2 Å². The number of hydrogen-bond donors (Lipinski definition) is 4. The highest BCUT2D eigenvalue weighted by Gasteiger charge is 2.33. The van der Waals surface area contributed by atoms with E-state index < -0.39 is 22.8 Å². The Morgan fingerprint density at radius 3 is 2.50 bits per heavy atom. The van der Waals surface area contributed by atoms with Crippen LogP contribution in [0.25, 0.3) is 0 Å². The van der Waals surface area contributed by atoms with Crippen molar-refractivity contribution in [1.82, 2.24) is 10.2 Å². The molecule has 10 heteroatoms. The Hall–Kier alpha value is -3.20. The maximum absolute atomic E-state index is 12.9. The number of alkyl halides is 3. The average molecular weight is 410 g/mol. The lowest BCUT2D eigenvalue weighted by atomic mass is 10.2. The number of urea groups is 1. The van der Waals surface area contributed by atoms with Crippen LogP contribution >= 0.6 is 11.6 Å². The van der Waals surface area contributed by atoms with Gasteiger partial charge in [0.25, 0.3) is 0 Å². The molecule has 4 N–H and O–H groups in total. The third-order valence-corrected chi connectivity index (χ3v) is 4.04. The smallest absolute Gasteiger partial charge is 0.378 e. The van der Waals surface area contributed by atoms with Crippen LogP contribution in [0.4, 0.5) is 35.0 Å². The molecule has 0 aliphatic rings. The molecule has 6 nitrogen and oxygen atoms in total. The van der Waals surface area contributed by atoms with Crippen molar-refractivity contribution in [1.29, 1.82) is 0 Å². The van der Waals surface area contributed by atoms with Gasteiger partial charge in [0.1, 0.15) is 0 Å². The summed E-state index contributed by atoms with van der Waals surface area (Å²) in [4.78, 5) is 12.1. The van der Waals surface area contributed by atoms with Crippen LogP contribution in [-0.4, -0.2) is 16.2 Å². The minimum Gasteiger partial charge on any atom is -0.378 e. The number of H-pyrrole nitrogens is 1. The zero-order chi connectivity index (χ0) is 20.1. The molecule has 2 aromatic carbocycles. The number of hydrogen-bond acceptors (Lipinski definition) is 3. The Morgan fingerprint density at radius 2 is 1.82 bits per heavy atom. The van der Waals surface area contributed by atoms with E-state index in [4.69, 9.17) is 11.6 Å². The van der Waals surface area contributed by atoms with Gasteiger partial charge in [-0.25, -0.2) is 4.79 Å². The molecule has 3 rings (SSSR count). The normalized spacial score (nSPS) is 11.1. The molecule has 0 aliphatic heterocycles. The van der Waals surface area contributed by atoms with Crippen molar-refractivity contribution in [2.24, 2.45) is 0 Å². The van der Waals surface area contributed by atoms with E-state index in [1.54, 1.807) is 30.6 Å². The van der Waals surface area contributed by atoms with Crippen LogP contribution < -0.4 is 16.0 Å². The molecule has 0 fully saturated rings. The van der Waals surface area contributed by atoms with E-state index in [9.17, 15) is 18.0 Å². The summed E-state index contributed by atoms with van der Waals surface area (Å²) < 4.78 is 38.7. The summed E-state index contributed by atoms with van der Waals surface area (Å²) in [6.07, 6.45) is -1.27. The summed E-state index contributed by atoms with van der Waals surface area (Å²) >= 11 is 5.57. The molecule has 0 aliphatic carbocycles. The van der Waals surface area contributed by atoms with Gasteiger partial charge in [0.2, 0.25) is 0 Å². The molecule has 0 radical (unpaired) electrons. The van der Waals surface area contributed by atoms with Crippen LogP contribution in [0.15, 0.2) is 54.9 Å². The van der Waals surface area contributed by atoms with Gasteiger partial charge in [-0.2, -0.15) is 18.3 Å². The minimum atomic E-state index is -4.61. The van der Waals surface area contributed by atoms with Gasteiger partial charge in [0.05, 0.1) is 22.5 Å². The molecule has 146 valence electrons. The van der Waals surface area contributed by atoms with E-state index >= 15 is 0 Å². The molecule has 3 aromatic rings. The number of aromatic amines is 1. The van der Waals surface area contributed by atoms with Gasteiger partial charge < -0.3 is 16.0 Å². The number of amides is 2. The number of aromatic nitrogens is 2. The average Bonchev–Trinajstić information content (AvgIpc) is 3.14. The van der Waals surface area contributed by atoms with Gasteiger partial charge in [-0.3, -0.25) is 5.10 Å². The molecule has 1 heterocycles. The predicted octanol–water partition coefficient (Wildman–Crippen LogP) is 5.34. The Kier molecular flexibility index (Phi) is 5.74. The van der Waals surface area contributed by atoms with Gasteiger partial charge >= 0.3 is 12.2 Å². The molecule has 1 aromatic heterocycles. The molecule has 0 saturated heterocycles. The number of nitrogens with zero attached hydrogens (tertiary/aromatic N) is 1. The SMILES string of the molecule is O=C(Nc1cccc(CNc2cn[nH]c2)c1)Nc1ccc(Cl)c(C(F)(F)F)c1. The highest BCUT2D eigenvalue weighted by Crippen LogP contribution is 2.36. The number of carbonyl (C=O) groups excluding carboxylic acids is 1. The Labute approximate surface area is 163 Å². The fraction of sp³-hybridized carbons (Fsp3) is 0.111. The summed E-state index contributed by atoms with van der Waals surface area (Å²) in [5, 5.41) is 14.2. The van der Waals surface area contributed by atoms with Crippen LogP contribution in [0.5, 0.6) is 0 Å². The first kappa shape index (κ1) is 19.6. The molecular formula is C18H15ClF3N5O. The second-order valence-electron chi connectivity index (χ2n) is 5.81. The van der Waals surface area contributed by atoms with Crippen molar-refractivity contribution >= 4 is 34.7 Å². The minimum absolute atomic E-state index is 0.0213. The van der Waals surface area contributed by atoms with E-state index in [2.05, 4.69) is 26.1 Å². The molecule has 28 heavy (non-hydrogen) atoms. The number of carbonyl (C=O) groups is 1. The van der Waals surface area contributed by atoms with Crippen molar-refractivity contribution in [3.63, 3.8) is 0 Å². The highest BCUT2D eigenvalue weighted by molar-refractivity contribution is 6.31. The fourth-order valence-electron chi connectivity index (χ4n) is 2.42. The maximum Gasteiger partial charge on any atom is 0.417 e. The van der Waals surface area contributed by atoms with Gasteiger partial charge in [-0.1, -0.05) is 23.7 Å². The number of benzene rings is 2. The predicted molar refractivity (Wildman–Crippen MR) is 101 cm³/mol. The monoisotopic (exact) mass is 409 g/mol. The molecule has 0 atom stereocenters. The summed E-state index contributed by atoms with van der Waals surface area (Å²) in [6, 6.07) is 9.53. The standard InChI is InChI=1S/C18H15ClF3N5O/c19-16-5-4-13(7-15(16)18(20,21)22)27-17(28)26-12-3-1-2-11(6-12)8-23-14-9-24-25-10-14/h1-7,9-10,23H,8H2,(H,24,25)(H2,26,27,28). The number of anilines is 3. The van der Waals surface area contributed by atoms with Gasteiger partial charge in [-0.05, 0) is 35.9 Å². The Bertz CT molecular complexity index is 960. The molecule has 2 amide bonds. The van der Waals surface area contributed by atoms with Crippen LogP contribution in [0, 0.1) is 0 Å². The van der Waals surface area contributed by atoms with Crippen molar-refractivity contribution < 1.29 is 18.0 Å². The molecule has 0 saturated carbocycles. The quantitative estimate of drug-likeness (QED) is 0.459. The lowest BCUT2D eigenvalue weighted by Crippen LogP contribution is -2.20. The van der Waals surface area contributed by atoms with Crippen LogP contribution in [0.3, 0.4) is 0 Å². The summed E-state index contributed by atoms with van der Waals surface area (Å²) in [5.74, 6) is 0. The second-order valence-corrected chi connectivity index (χ2v) is 6.22. The molecule has 0 unspecified atom stereocenters. The van der Waals surface area contributed by atoms with Crippen molar-refractivity contribution in [3.8, 4) is 0 Å². The van der Waals surface area contributed by atoms with Gasteiger partial charge in [0.15, 0.2) is 0 Å². The summed E-state index contributed by atoms with van der Waals surface area (Å²) in [5.41, 5.74) is 1.17. The Morgan fingerprint density at radius 1 is 1.07 bits per heavy atom. The summed E-state index contributed by atoms with van der Waals surface area (Å²) in [7, 11) is 0. The zero-order valence-corrected chi connectivity index (χ0v) is 15.0. The van der Waals surface area contributed by atoms with Crippen molar-refractivity contribution in [2.45, 2.75) is 12.7 Å². The topological polar surface area (TPSA) is 81.8 Å². The first-order valence-corrected chi connectivity index (χ1v) is 8.45.